The van der Waals surface area contributed by atoms with Crippen LogP contribution in [0.3, 0.4) is 0 Å². The van der Waals surface area contributed by atoms with E-state index in [9.17, 15) is 9.59 Å². The van der Waals surface area contributed by atoms with Gasteiger partial charge in [0.1, 0.15) is 18.1 Å². The Morgan fingerprint density at radius 1 is 1.03 bits per heavy atom. The molecule has 0 spiro atoms. The van der Waals surface area contributed by atoms with Crippen molar-refractivity contribution < 1.29 is 9.53 Å². The van der Waals surface area contributed by atoms with Gasteiger partial charge in [-0.05, 0) is 37.3 Å². The summed E-state index contributed by atoms with van der Waals surface area (Å²) in [6.45, 7) is 2.35. The number of para-hydroxylation sites is 2. The van der Waals surface area contributed by atoms with Crippen molar-refractivity contribution in [2.45, 2.75) is 13.5 Å². The number of hydrogen-bond acceptors (Lipinski definition) is 6. The fourth-order valence-corrected chi connectivity index (χ4v) is 3.76. The Kier molecular flexibility index (Phi) is 6.18. The first kappa shape index (κ1) is 20.5. The summed E-state index contributed by atoms with van der Waals surface area (Å²) < 4.78 is 6.89. The minimum absolute atomic E-state index is 0.149. The maximum absolute atomic E-state index is 13.4. The van der Waals surface area contributed by atoms with Gasteiger partial charge in [0.2, 0.25) is 0 Å². The van der Waals surface area contributed by atoms with Crippen molar-refractivity contribution in [3.63, 3.8) is 0 Å². The first-order chi connectivity index (χ1) is 15.1. The standard InChI is InChI=1S/C23H20N4O3S/c1-17-16-31-23(24-17)27(18-8-4-2-5-9-18)22(29)20-12-13-21(28)26(25-20)14-15-30-19-10-6-3-7-11-19/h2-13,16H,14-15H2,1H3. The van der Waals surface area contributed by atoms with E-state index < -0.39 is 0 Å². The molecule has 0 unspecified atom stereocenters. The molecule has 0 N–H and O–H groups in total. The van der Waals surface area contributed by atoms with E-state index >= 15 is 0 Å². The van der Waals surface area contributed by atoms with Crippen LogP contribution in [0.15, 0.2) is 83.0 Å². The largest absolute Gasteiger partial charge is 0.492 e. The molecule has 156 valence electrons. The number of thiazole rings is 1. The summed E-state index contributed by atoms with van der Waals surface area (Å²) in [5.41, 5.74) is 1.35. The summed E-state index contributed by atoms with van der Waals surface area (Å²) in [5, 5.41) is 6.72. The monoisotopic (exact) mass is 432 g/mol. The second-order valence-electron chi connectivity index (χ2n) is 6.69. The third-order valence-electron chi connectivity index (χ3n) is 4.42. The Balaban J connectivity index is 1.59. The van der Waals surface area contributed by atoms with Gasteiger partial charge >= 0.3 is 0 Å². The maximum Gasteiger partial charge on any atom is 0.285 e. The highest BCUT2D eigenvalue weighted by Crippen LogP contribution is 2.29. The van der Waals surface area contributed by atoms with Gasteiger partial charge in [-0.3, -0.25) is 14.5 Å². The molecule has 4 rings (SSSR count). The van der Waals surface area contributed by atoms with Crippen LogP contribution in [0.2, 0.25) is 0 Å². The van der Waals surface area contributed by atoms with E-state index in [4.69, 9.17) is 4.74 Å². The third-order valence-corrected chi connectivity index (χ3v) is 5.36. The molecule has 0 atom stereocenters. The first-order valence-corrected chi connectivity index (χ1v) is 10.6. The number of carbonyl (C=O) groups is 1. The predicted octanol–water partition coefficient (Wildman–Crippen LogP) is 4.07. The van der Waals surface area contributed by atoms with Crippen molar-refractivity contribution in [3.05, 3.63) is 99.9 Å². The van der Waals surface area contributed by atoms with Crippen LogP contribution in [-0.2, 0) is 6.54 Å². The van der Waals surface area contributed by atoms with E-state index in [1.807, 2.05) is 73.0 Å². The number of benzene rings is 2. The van der Waals surface area contributed by atoms with Crippen LogP contribution < -0.4 is 15.2 Å². The fourth-order valence-electron chi connectivity index (χ4n) is 2.94. The highest BCUT2D eigenvalue weighted by atomic mass is 32.1. The molecule has 0 saturated carbocycles. The number of aromatic nitrogens is 3. The lowest BCUT2D eigenvalue weighted by molar-refractivity contribution is 0.0991. The van der Waals surface area contributed by atoms with Gasteiger partial charge in [-0.15, -0.1) is 11.3 Å². The minimum Gasteiger partial charge on any atom is -0.492 e. The third kappa shape index (κ3) is 4.87. The lowest BCUT2D eigenvalue weighted by Crippen LogP contribution is -2.31. The van der Waals surface area contributed by atoms with Gasteiger partial charge in [-0.2, -0.15) is 5.10 Å². The van der Waals surface area contributed by atoms with E-state index in [0.29, 0.717) is 16.6 Å². The van der Waals surface area contributed by atoms with Crippen LogP contribution in [-0.4, -0.2) is 27.3 Å². The molecule has 4 aromatic rings. The summed E-state index contributed by atoms with van der Waals surface area (Å²) in [6, 6.07) is 21.4. The molecule has 0 radical (unpaired) electrons. The molecular formula is C23H20N4O3S. The average Bonchev–Trinajstić information content (AvgIpc) is 3.22. The zero-order valence-electron chi connectivity index (χ0n) is 16.8. The molecule has 0 bridgehead atoms. The summed E-state index contributed by atoms with van der Waals surface area (Å²) >= 11 is 1.37. The number of aryl methyl sites for hydroxylation is 1. The van der Waals surface area contributed by atoms with E-state index in [1.54, 1.807) is 0 Å². The molecule has 0 aliphatic heterocycles. The van der Waals surface area contributed by atoms with E-state index in [-0.39, 0.29) is 30.3 Å². The van der Waals surface area contributed by atoms with Gasteiger partial charge in [-0.25, -0.2) is 9.67 Å². The SMILES string of the molecule is Cc1csc(N(C(=O)c2ccc(=O)n(CCOc3ccccc3)n2)c2ccccc2)n1. The molecule has 0 fully saturated rings. The van der Waals surface area contributed by atoms with E-state index in [0.717, 1.165) is 5.69 Å². The zero-order chi connectivity index (χ0) is 21.6. The Bertz CT molecular complexity index is 1220. The summed E-state index contributed by atoms with van der Waals surface area (Å²) in [6.07, 6.45) is 0. The Hall–Kier alpha value is -3.78. The van der Waals surface area contributed by atoms with Gasteiger partial charge in [0, 0.05) is 11.4 Å². The predicted molar refractivity (Wildman–Crippen MR) is 120 cm³/mol. The minimum atomic E-state index is -0.363. The number of carbonyl (C=O) groups excluding carboxylic acids is 1. The molecule has 31 heavy (non-hydrogen) atoms. The Morgan fingerprint density at radius 3 is 2.42 bits per heavy atom. The molecule has 2 aromatic heterocycles. The van der Waals surface area contributed by atoms with Crippen LogP contribution >= 0.6 is 11.3 Å². The van der Waals surface area contributed by atoms with Crippen LogP contribution in [0.25, 0.3) is 0 Å². The van der Waals surface area contributed by atoms with E-state index in [1.165, 1.54) is 33.1 Å². The van der Waals surface area contributed by atoms with Gasteiger partial charge in [0.25, 0.3) is 11.5 Å². The lowest BCUT2D eigenvalue weighted by Gasteiger charge is -2.20. The molecule has 8 heteroatoms. The number of anilines is 2. The quantitative estimate of drug-likeness (QED) is 0.440. The summed E-state index contributed by atoms with van der Waals surface area (Å²) in [5.74, 6) is 0.343. The van der Waals surface area contributed by atoms with Gasteiger partial charge in [0.15, 0.2) is 5.13 Å². The second kappa shape index (κ2) is 9.36. The normalized spacial score (nSPS) is 10.6. The molecule has 0 aliphatic rings. The van der Waals surface area contributed by atoms with Crippen LogP contribution in [0.4, 0.5) is 10.8 Å². The molecule has 2 aromatic carbocycles. The molecular weight excluding hydrogens is 412 g/mol. The van der Waals surface area contributed by atoms with E-state index in [2.05, 4.69) is 10.1 Å². The van der Waals surface area contributed by atoms with Crippen molar-refractivity contribution in [2.24, 2.45) is 0 Å². The maximum atomic E-state index is 13.4. The van der Waals surface area contributed by atoms with Crippen LogP contribution in [0.5, 0.6) is 5.75 Å². The van der Waals surface area contributed by atoms with Crippen molar-refractivity contribution in [1.82, 2.24) is 14.8 Å². The molecule has 0 saturated heterocycles. The van der Waals surface area contributed by atoms with Gasteiger partial charge in [-0.1, -0.05) is 36.4 Å². The average molecular weight is 433 g/mol. The summed E-state index contributed by atoms with van der Waals surface area (Å²) in [4.78, 5) is 31.6. The number of rotatable bonds is 7. The zero-order valence-corrected chi connectivity index (χ0v) is 17.7. The molecule has 2 heterocycles. The topological polar surface area (TPSA) is 77.3 Å². The first-order valence-electron chi connectivity index (χ1n) is 9.69. The van der Waals surface area contributed by atoms with Crippen molar-refractivity contribution in [1.29, 1.82) is 0 Å². The number of hydrogen-bond donors (Lipinski definition) is 0. The van der Waals surface area contributed by atoms with Crippen LogP contribution in [0.1, 0.15) is 16.2 Å². The Labute approximate surface area is 183 Å². The van der Waals surface area contributed by atoms with Gasteiger partial charge < -0.3 is 4.74 Å². The highest BCUT2D eigenvalue weighted by molar-refractivity contribution is 7.14. The lowest BCUT2D eigenvalue weighted by atomic mass is 10.2. The highest BCUT2D eigenvalue weighted by Gasteiger charge is 2.24. The number of nitrogens with zero attached hydrogens (tertiary/aromatic N) is 4. The van der Waals surface area contributed by atoms with Crippen molar-refractivity contribution in [2.75, 3.05) is 11.5 Å². The van der Waals surface area contributed by atoms with Gasteiger partial charge in [0.05, 0.1) is 17.9 Å². The van der Waals surface area contributed by atoms with Crippen molar-refractivity contribution in [3.8, 4) is 5.75 Å². The van der Waals surface area contributed by atoms with Crippen molar-refractivity contribution >= 4 is 28.1 Å². The molecule has 1 amide bonds. The Morgan fingerprint density at radius 2 is 1.74 bits per heavy atom. The second-order valence-corrected chi connectivity index (χ2v) is 7.53. The molecule has 0 aliphatic carbocycles. The number of amides is 1. The van der Waals surface area contributed by atoms with Crippen LogP contribution in [0, 0.1) is 6.92 Å². The summed E-state index contributed by atoms with van der Waals surface area (Å²) in [7, 11) is 0. The number of ether oxygens (including phenoxy) is 1. The fraction of sp³-hybridized carbons (Fsp3) is 0.130. The smallest absolute Gasteiger partial charge is 0.285 e. The molecule has 7 nitrogen and oxygen atoms in total.